The molecule has 2 aliphatic heterocycles. The molecule has 1 aliphatic carbocycles. The molecule has 0 radical (unpaired) electrons. The van der Waals surface area contributed by atoms with Gasteiger partial charge in [-0.1, -0.05) is 29.8 Å². The number of esters is 1. The average Bonchev–Trinajstić information content (AvgIpc) is 3.14. The molecule has 1 aromatic heterocycles. The molecule has 3 aliphatic rings. The van der Waals surface area contributed by atoms with E-state index in [4.69, 9.17) is 16.3 Å². The number of carbonyl (C=O) groups is 1. The number of rotatable bonds is 3. The predicted octanol–water partition coefficient (Wildman–Crippen LogP) is 6.76. The number of benzene rings is 2. The predicted molar refractivity (Wildman–Crippen MR) is 160 cm³/mol. The molecule has 0 bridgehead atoms. The van der Waals surface area contributed by atoms with Crippen molar-refractivity contribution in [2.24, 2.45) is 5.92 Å². The van der Waals surface area contributed by atoms with E-state index in [0.717, 1.165) is 68.6 Å². The van der Waals surface area contributed by atoms with Crippen LogP contribution in [0.15, 0.2) is 41.2 Å². The maximum Gasteiger partial charge on any atom is 0.309 e. The lowest BCUT2D eigenvalue weighted by molar-refractivity contribution is -0.161. The van der Waals surface area contributed by atoms with Gasteiger partial charge in [0.05, 0.1) is 32.9 Å². The van der Waals surface area contributed by atoms with Crippen molar-refractivity contribution in [1.82, 2.24) is 14.5 Å². The lowest BCUT2D eigenvalue weighted by Gasteiger charge is -2.41. The fourth-order valence-electron chi connectivity index (χ4n) is 7.17. The Morgan fingerprint density at radius 1 is 1.02 bits per heavy atom. The van der Waals surface area contributed by atoms with Crippen molar-refractivity contribution in [3.63, 3.8) is 0 Å². The summed E-state index contributed by atoms with van der Waals surface area (Å²) in [5.41, 5.74) is 3.43. The first-order valence-corrected chi connectivity index (χ1v) is 15.2. The van der Waals surface area contributed by atoms with Gasteiger partial charge in [-0.05, 0) is 121 Å². The number of piperidine rings is 1. The molecule has 212 valence electrons. The highest BCUT2D eigenvalue weighted by Crippen LogP contribution is 2.45. The van der Waals surface area contributed by atoms with Gasteiger partial charge in [0.2, 0.25) is 0 Å². The third-order valence-corrected chi connectivity index (χ3v) is 9.63. The highest BCUT2D eigenvalue weighted by Gasteiger charge is 2.40. The van der Waals surface area contributed by atoms with Gasteiger partial charge in [0, 0.05) is 6.04 Å². The fourth-order valence-corrected chi connectivity index (χ4v) is 7.42. The van der Waals surface area contributed by atoms with E-state index >= 15 is 0 Å². The van der Waals surface area contributed by atoms with E-state index in [-0.39, 0.29) is 22.9 Å². The first-order valence-electron chi connectivity index (χ1n) is 14.8. The number of nitrogens with zero attached hydrogens (tertiary/aromatic N) is 3. The molecule has 2 aromatic carbocycles. The van der Waals surface area contributed by atoms with Crippen LogP contribution in [0.4, 0.5) is 0 Å². The van der Waals surface area contributed by atoms with Gasteiger partial charge in [0.25, 0.3) is 5.56 Å². The quantitative estimate of drug-likeness (QED) is 0.331. The van der Waals surface area contributed by atoms with E-state index in [0.29, 0.717) is 22.4 Å². The lowest BCUT2D eigenvalue weighted by Crippen LogP contribution is -2.43. The van der Waals surface area contributed by atoms with Crippen LogP contribution in [-0.4, -0.2) is 45.2 Å². The molecule has 6 nitrogen and oxygen atoms in total. The third-order valence-electron chi connectivity index (χ3n) is 9.31. The monoisotopic (exact) mass is 561 g/mol. The van der Waals surface area contributed by atoms with E-state index in [2.05, 4.69) is 46.5 Å². The van der Waals surface area contributed by atoms with Crippen LogP contribution < -0.4 is 5.56 Å². The largest absolute Gasteiger partial charge is 0.460 e. The molecule has 3 aromatic rings. The summed E-state index contributed by atoms with van der Waals surface area (Å²) in [6.45, 7) is 12.3. The lowest BCUT2D eigenvalue weighted by atomic mass is 9.80. The molecule has 0 unspecified atom stereocenters. The number of likely N-dealkylation sites (tertiary alicyclic amines) is 1. The average molecular weight is 562 g/mol. The molecule has 1 saturated heterocycles. The second kappa shape index (κ2) is 9.99. The Balaban J connectivity index is 1.16. The molecule has 2 fully saturated rings. The Labute approximate surface area is 241 Å². The highest BCUT2D eigenvalue weighted by molar-refractivity contribution is 6.35. The number of aromatic nitrogens is 2. The molecule has 0 spiro atoms. The van der Waals surface area contributed by atoms with Crippen molar-refractivity contribution in [2.75, 3.05) is 13.1 Å². The number of carbonyl (C=O) groups excluding carboxylic acids is 1. The summed E-state index contributed by atoms with van der Waals surface area (Å²) in [5, 5.41) is 0.923. The highest BCUT2D eigenvalue weighted by atomic mass is 35.5. The van der Waals surface area contributed by atoms with E-state index in [1.54, 1.807) is 6.07 Å². The summed E-state index contributed by atoms with van der Waals surface area (Å²) in [7, 11) is 0. The van der Waals surface area contributed by atoms with Crippen molar-refractivity contribution < 1.29 is 9.53 Å². The summed E-state index contributed by atoms with van der Waals surface area (Å²) >= 11 is 6.42. The number of fused-ring (bicyclic) bond motifs is 5. The van der Waals surface area contributed by atoms with Gasteiger partial charge in [0.15, 0.2) is 0 Å². The van der Waals surface area contributed by atoms with Gasteiger partial charge in [0.1, 0.15) is 11.4 Å². The molecule has 0 amide bonds. The Hall–Kier alpha value is -2.70. The van der Waals surface area contributed by atoms with Crippen molar-refractivity contribution in [3.05, 3.63) is 68.7 Å². The Kier molecular flexibility index (Phi) is 6.86. The Bertz CT molecular complexity index is 1520. The smallest absolute Gasteiger partial charge is 0.309 e. The van der Waals surface area contributed by atoms with Crippen molar-refractivity contribution >= 4 is 28.5 Å². The first-order chi connectivity index (χ1) is 18.9. The Morgan fingerprint density at radius 3 is 2.40 bits per heavy atom. The van der Waals surface area contributed by atoms with Crippen LogP contribution in [0.5, 0.6) is 0 Å². The van der Waals surface area contributed by atoms with E-state index in [1.807, 2.05) is 32.9 Å². The minimum Gasteiger partial charge on any atom is -0.460 e. The van der Waals surface area contributed by atoms with Crippen LogP contribution in [0.25, 0.3) is 16.6 Å². The van der Waals surface area contributed by atoms with E-state index < -0.39 is 5.60 Å². The summed E-state index contributed by atoms with van der Waals surface area (Å²) in [4.78, 5) is 32.7. The van der Waals surface area contributed by atoms with Crippen molar-refractivity contribution in [2.45, 2.75) is 96.1 Å². The molecule has 7 heteroatoms. The topological polar surface area (TPSA) is 64.4 Å². The molecule has 6 rings (SSSR count). The molecular formula is C33H40ClN3O3. The number of hydrogen-bond acceptors (Lipinski definition) is 5. The molecule has 40 heavy (non-hydrogen) atoms. The fraction of sp³-hybridized carbons (Fsp3) is 0.545. The standard InChI is InChI=1S/C33H40ClN3O3/c1-32(2,3)40-30(39)21-9-12-23(13-10-21)36-17-15-20(16-18-36)22-11-14-26-24(19-22)33(4,5)31-35-29(38)28-25(34)7-6-8-27(28)37(26)31/h6-8,11,14,19-21,23H,9-10,12-13,15-18H2,1-5H3. The van der Waals surface area contributed by atoms with Gasteiger partial charge >= 0.3 is 5.97 Å². The van der Waals surface area contributed by atoms with Crippen LogP contribution in [0, 0.1) is 5.92 Å². The number of halogens is 1. The summed E-state index contributed by atoms with van der Waals surface area (Å²) < 4.78 is 7.76. The minimum absolute atomic E-state index is 0.0257. The first kappa shape index (κ1) is 27.5. The van der Waals surface area contributed by atoms with Crippen LogP contribution in [-0.2, 0) is 14.9 Å². The molecule has 1 saturated carbocycles. The molecule has 3 heterocycles. The zero-order valence-corrected chi connectivity index (χ0v) is 25.1. The van der Waals surface area contributed by atoms with Gasteiger partial charge < -0.3 is 9.64 Å². The number of hydrogen-bond donors (Lipinski definition) is 0. The zero-order chi connectivity index (χ0) is 28.4. The second-order valence-electron chi connectivity index (χ2n) is 13.5. The van der Waals surface area contributed by atoms with Crippen LogP contribution >= 0.6 is 11.6 Å². The van der Waals surface area contributed by atoms with Crippen LogP contribution in [0.1, 0.15) is 96.0 Å². The maximum atomic E-state index is 12.9. The van der Waals surface area contributed by atoms with Gasteiger partial charge in [-0.15, -0.1) is 0 Å². The van der Waals surface area contributed by atoms with E-state index in [9.17, 15) is 9.59 Å². The van der Waals surface area contributed by atoms with E-state index in [1.165, 1.54) is 11.1 Å². The summed E-state index contributed by atoms with van der Waals surface area (Å²) in [5.74, 6) is 1.31. The third kappa shape index (κ3) is 4.77. The zero-order valence-electron chi connectivity index (χ0n) is 24.3. The number of ether oxygens (including phenoxy) is 1. The van der Waals surface area contributed by atoms with Crippen LogP contribution in [0.3, 0.4) is 0 Å². The second-order valence-corrected chi connectivity index (χ2v) is 13.9. The SMILES string of the molecule is CC(C)(C)OC(=O)C1CCC(N2CCC(c3ccc4c(c3)C(C)(C)c3nc(=O)c5c(Cl)cccc5n3-4)CC2)CC1. The Morgan fingerprint density at radius 2 is 1.73 bits per heavy atom. The maximum absolute atomic E-state index is 12.9. The van der Waals surface area contributed by atoms with Crippen molar-refractivity contribution in [1.29, 1.82) is 0 Å². The van der Waals surface area contributed by atoms with Gasteiger partial charge in [-0.2, -0.15) is 4.98 Å². The molecule has 0 atom stereocenters. The van der Waals surface area contributed by atoms with Crippen molar-refractivity contribution in [3.8, 4) is 5.69 Å². The normalized spacial score (nSPS) is 23.1. The molecular weight excluding hydrogens is 522 g/mol. The van der Waals surface area contributed by atoms with Gasteiger partial charge in [-0.3, -0.25) is 14.2 Å². The summed E-state index contributed by atoms with van der Waals surface area (Å²) in [6, 6.07) is 13.0. The summed E-state index contributed by atoms with van der Waals surface area (Å²) in [6.07, 6.45) is 6.26. The molecule has 0 N–H and O–H groups in total. The minimum atomic E-state index is -0.416. The van der Waals surface area contributed by atoms with Gasteiger partial charge in [-0.25, -0.2) is 0 Å². The van der Waals surface area contributed by atoms with Crippen LogP contribution in [0.2, 0.25) is 5.02 Å².